The van der Waals surface area contributed by atoms with Gasteiger partial charge in [-0.25, -0.2) is 4.39 Å². The third kappa shape index (κ3) is 3.19. The van der Waals surface area contributed by atoms with E-state index in [0.717, 1.165) is 5.56 Å². The monoisotopic (exact) mass is 237 g/mol. The molecule has 1 atom stereocenters. The highest BCUT2D eigenvalue weighted by Crippen LogP contribution is 2.28. The van der Waals surface area contributed by atoms with Crippen molar-refractivity contribution in [1.82, 2.24) is 0 Å². The standard InChI is InChI=1S/C14H20FNO/c1-10(8-16)12-5-13(15)7-14(6-12)17-9-11-3-2-4-11/h5-7,10-11H,2-4,8-9,16H2,1H3. The highest BCUT2D eigenvalue weighted by atomic mass is 19.1. The first-order chi connectivity index (χ1) is 8.19. The number of ether oxygens (including phenoxy) is 1. The predicted octanol–water partition coefficient (Wildman–Crippen LogP) is 3.07. The second kappa shape index (κ2) is 5.50. The Kier molecular flexibility index (Phi) is 4.00. The first-order valence-electron chi connectivity index (χ1n) is 6.32. The van der Waals surface area contributed by atoms with Crippen molar-refractivity contribution in [3.05, 3.63) is 29.6 Å². The van der Waals surface area contributed by atoms with Crippen molar-refractivity contribution in [2.24, 2.45) is 11.7 Å². The van der Waals surface area contributed by atoms with Crippen LogP contribution in [0.15, 0.2) is 18.2 Å². The lowest BCUT2D eigenvalue weighted by Crippen LogP contribution is -2.19. The summed E-state index contributed by atoms with van der Waals surface area (Å²) in [6.07, 6.45) is 3.77. The van der Waals surface area contributed by atoms with Gasteiger partial charge in [-0.05, 0) is 48.9 Å². The molecule has 0 radical (unpaired) electrons. The zero-order valence-corrected chi connectivity index (χ0v) is 10.3. The third-order valence-electron chi connectivity index (χ3n) is 3.53. The molecule has 1 aromatic carbocycles. The molecule has 1 saturated carbocycles. The number of benzene rings is 1. The van der Waals surface area contributed by atoms with Crippen LogP contribution in [0.25, 0.3) is 0 Å². The Morgan fingerprint density at radius 2 is 2.18 bits per heavy atom. The summed E-state index contributed by atoms with van der Waals surface area (Å²) in [6.45, 7) is 3.22. The maximum Gasteiger partial charge on any atom is 0.127 e. The fourth-order valence-corrected chi connectivity index (χ4v) is 1.96. The van der Waals surface area contributed by atoms with E-state index in [-0.39, 0.29) is 11.7 Å². The summed E-state index contributed by atoms with van der Waals surface area (Å²) >= 11 is 0. The largest absolute Gasteiger partial charge is 0.493 e. The van der Waals surface area contributed by atoms with E-state index < -0.39 is 0 Å². The van der Waals surface area contributed by atoms with Gasteiger partial charge in [0.1, 0.15) is 11.6 Å². The lowest BCUT2D eigenvalue weighted by molar-refractivity contribution is 0.180. The minimum absolute atomic E-state index is 0.164. The fourth-order valence-electron chi connectivity index (χ4n) is 1.96. The van der Waals surface area contributed by atoms with Gasteiger partial charge in [0.05, 0.1) is 6.61 Å². The van der Waals surface area contributed by atoms with Crippen LogP contribution in [0.3, 0.4) is 0 Å². The number of hydrogen-bond acceptors (Lipinski definition) is 2. The van der Waals surface area contributed by atoms with E-state index in [2.05, 4.69) is 0 Å². The summed E-state index contributed by atoms with van der Waals surface area (Å²) in [5.41, 5.74) is 6.51. The van der Waals surface area contributed by atoms with Gasteiger partial charge in [-0.2, -0.15) is 0 Å². The average molecular weight is 237 g/mol. The Balaban J connectivity index is 2.02. The molecule has 0 aliphatic heterocycles. The van der Waals surface area contributed by atoms with Gasteiger partial charge in [0.2, 0.25) is 0 Å². The van der Waals surface area contributed by atoms with Crippen molar-refractivity contribution in [2.75, 3.05) is 13.2 Å². The first kappa shape index (κ1) is 12.4. The maximum absolute atomic E-state index is 13.4. The highest BCUT2D eigenvalue weighted by molar-refractivity contribution is 5.31. The van der Waals surface area contributed by atoms with Crippen LogP contribution in [0.1, 0.15) is 37.7 Å². The van der Waals surface area contributed by atoms with Gasteiger partial charge < -0.3 is 10.5 Å². The quantitative estimate of drug-likeness (QED) is 0.854. The van der Waals surface area contributed by atoms with Gasteiger partial charge in [0.15, 0.2) is 0 Å². The molecule has 1 aliphatic carbocycles. The van der Waals surface area contributed by atoms with Gasteiger partial charge >= 0.3 is 0 Å². The molecule has 1 aromatic rings. The molecule has 1 unspecified atom stereocenters. The molecule has 0 heterocycles. The predicted molar refractivity (Wildman–Crippen MR) is 66.7 cm³/mol. The molecule has 0 spiro atoms. The molecule has 2 rings (SSSR count). The number of halogens is 1. The van der Waals surface area contributed by atoms with Crippen LogP contribution in [-0.4, -0.2) is 13.2 Å². The molecule has 0 bridgehead atoms. The average Bonchev–Trinajstić information content (AvgIpc) is 2.25. The molecule has 0 aromatic heterocycles. The van der Waals surface area contributed by atoms with E-state index in [0.29, 0.717) is 24.8 Å². The van der Waals surface area contributed by atoms with E-state index in [1.807, 2.05) is 13.0 Å². The second-order valence-corrected chi connectivity index (χ2v) is 4.96. The van der Waals surface area contributed by atoms with Crippen LogP contribution >= 0.6 is 0 Å². The molecule has 1 aliphatic rings. The summed E-state index contributed by atoms with van der Waals surface area (Å²) in [5, 5.41) is 0. The Bertz CT molecular complexity index is 376. The van der Waals surface area contributed by atoms with Crippen molar-refractivity contribution in [2.45, 2.75) is 32.1 Å². The van der Waals surface area contributed by atoms with Crippen molar-refractivity contribution in [3.8, 4) is 5.75 Å². The second-order valence-electron chi connectivity index (χ2n) is 4.96. The third-order valence-corrected chi connectivity index (χ3v) is 3.53. The summed E-state index contributed by atoms with van der Waals surface area (Å²) in [7, 11) is 0. The zero-order valence-electron chi connectivity index (χ0n) is 10.3. The van der Waals surface area contributed by atoms with Gasteiger partial charge in [-0.1, -0.05) is 13.3 Å². The molecule has 94 valence electrons. The normalized spacial score (nSPS) is 17.6. The fraction of sp³-hybridized carbons (Fsp3) is 0.571. The van der Waals surface area contributed by atoms with Crippen molar-refractivity contribution in [3.63, 3.8) is 0 Å². The Hall–Kier alpha value is -1.09. The van der Waals surface area contributed by atoms with E-state index in [9.17, 15) is 4.39 Å². The molecular formula is C14H20FNO. The van der Waals surface area contributed by atoms with Crippen LogP contribution in [0.2, 0.25) is 0 Å². The summed E-state index contributed by atoms with van der Waals surface area (Å²) in [4.78, 5) is 0. The van der Waals surface area contributed by atoms with E-state index in [4.69, 9.17) is 10.5 Å². The summed E-state index contributed by atoms with van der Waals surface area (Å²) in [6, 6.07) is 4.89. The van der Waals surface area contributed by atoms with E-state index in [1.165, 1.54) is 31.4 Å². The van der Waals surface area contributed by atoms with Crippen LogP contribution in [-0.2, 0) is 0 Å². The van der Waals surface area contributed by atoms with Crippen molar-refractivity contribution < 1.29 is 9.13 Å². The van der Waals surface area contributed by atoms with Gasteiger partial charge in [-0.15, -0.1) is 0 Å². The first-order valence-corrected chi connectivity index (χ1v) is 6.32. The molecule has 2 N–H and O–H groups in total. The van der Waals surface area contributed by atoms with E-state index in [1.54, 1.807) is 0 Å². The lowest BCUT2D eigenvalue weighted by atomic mass is 9.86. The Morgan fingerprint density at radius 3 is 2.76 bits per heavy atom. The van der Waals surface area contributed by atoms with Gasteiger partial charge in [0, 0.05) is 6.07 Å². The molecule has 0 saturated heterocycles. The number of rotatable bonds is 5. The smallest absolute Gasteiger partial charge is 0.127 e. The van der Waals surface area contributed by atoms with Crippen LogP contribution in [0, 0.1) is 11.7 Å². The van der Waals surface area contributed by atoms with Gasteiger partial charge in [0.25, 0.3) is 0 Å². The number of hydrogen-bond donors (Lipinski definition) is 1. The molecular weight excluding hydrogens is 217 g/mol. The molecule has 2 nitrogen and oxygen atoms in total. The topological polar surface area (TPSA) is 35.2 Å². The molecule has 1 fully saturated rings. The molecule has 3 heteroatoms. The SMILES string of the molecule is CC(CN)c1cc(F)cc(OCC2CCC2)c1. The molecule has 0 amide bonds. The molecule has 17 heavy (non-hydrogen) atoms. The zero-order chi connectivity index (χ0) is 12.3. The van der Waals surface area contributed by atoms with E-state index >= 15 is 0 Å². The number of nitrogens with two attached hydrogens (primary N) is 1. The summed E-state index contributed by atoms with van der Waals surface area (Å²) in [5.74, 6) is 1.21. The van der Waals surface area contributed by atoms with Crippen LogP contribution < -0.4 is 10.5 Å². The Morgan fingerprint density at radius 1 is 1.41 bits per heavy atom. The van der Waals surface area contributed by atoms with Crippen LogP contribution in [0.5, 0.6) is 5.75 Å². The minimum Gasteiger partial charge on any atom is -0.493 e. The Labute approximate surface area is 102 Å². The lowest BCUT2D eigenvalue weighted by Gasteiger charge is -2.25. The maximum atomic E-state index is 13.4. The van der Waals surface area contributed by atoms with Gasteiger partial charge in [-0.3, -0.25) is 0 Å². The minimum atomic E-state index is -0.244. The summed E-state index contributed by atoms with van der Waals surface area (Å²) < 4.78 is 19.1. The van der Waals surface area contributed by atoms with Crippen molar-refractivity contribution in [1.29, 1.82) is 0 Å². The van der Waals surface area contributed by atoms with Crippen LogP contribution in [0.4, 0.5) is 4.39 Å². The van der Waals surface area contributed by atoms with Crippen molar-refractivity contribution >= 4 is 0 Å². The highest BCUT2D eigenvalue weighted by Gasteiger charge is 2.18.